The number of rotatable bonds is 8. The van der Waals surface area contributed by atoms with Gasteiger partial charge in [0.1, 0.15) is 11.5 Å². The third kappa shape index (κ3) is 4.76. The van der Waals surface area contributed by atoms with E-state index in [1.807, 2.05) is 48.5 Å². The highest BCUT2D eigenvalue weighted by molar-refractivity contribution is 6.00. The van der Waals surface area contributed by atoms with Gasteiger partial charge in [0.05, 0.1) is 12.7 Å². The Kier molecular flexibility index (Phi) is 6.41. The van der Waals surface area contributed by atoms with E-state index in [0.717, 1.165) is 11.1 Å². The second kappa shape index (κ2) is 9.37. The van der Waals surface area contributed by atoms with Gasteiger partial charge in [0, 0.05) is 5.56 Å². The van der Waals surface area contributed by atoms with Crippen LogP contribution in [-0.2, 0) is 9.53 Å². The normalized spacial score (nSPS) is 10.2. The average Bonchev–Trinajstić information content (AvgIpc) is 2.76. The van der Waals surface area contributed by atoms with E-state index in [1.54, 1.807) is 30.3 Å². The Bertz CT molecular complexity index is 950. The summed E-state index contributed by atoms with van der Waals surface area (Å²) in [6, 6.07) is 24.0. The van der Waals surface area contributed by atoms with Crippen LogP contribution in [0.3, 0.4) is 0 Å². The largest absolute Gasteiger partial charge is 0.496 e. The summed E-state index contributed by atoms with van der Waals surface area (Å²) in [6.07, 6.45) is 0. The summed E-state index contributed by atoms with van der Waals surface area (Å²) in [4.78, 5) is 24.3. The first-order valence-corrected chi connectivity index (χ1v) is 8.78. The molecule has 0 saturated carbocycles. The van der Waals surface area contributed by atoms with Gasteiger partial charge in [-0.1, -0.05) is 60.7 Å². The molecule has 0 aliphatic carbocycles. The number of benzene rings is 3. The van der Waals surface area contributed by atoms with Crippen LogP contribution in [0.5, 0.6) is 11.5 Å². The summed E-state index contributed by atoms with van der Waals surface area (Å²) >= 11 is 0. The lowest BCUT2D eigenvalue weighted by atomic mass is 10.1. The number of hydrogen-bond acceptors (Lipinski definition) is 5. The molecule has 3 aromatic rings. The minimum Gasteiger partial charge on any atom is -0.496 e. The maximum atomic E-state index is 12.2. The van der Waals surface area contributed by atoms with Crippen LogP contribution in [0, 0.1) is 0 Å². The van der Waals surface area contributed by atoms with Crippen molar-refractivity contribution >= 4 is 11.8 Å². The fourth-order valence-corrected chi connectivity index (χ4v) is 2.73. The van der Waals surface area contributed by atoms with Crippen molar-refractivity contribution in [3.63, 3.8) is 0 Å². The fourth-order valence-electron chi connectivity index (χ4n) is 2.73. The summed E-state index contributed by atoms with van der Waals surface area (Å²) < 4.78 is 15.8. The van der Waals surface area contributed by atoms with Gasteiger partial charge >= 0.3 is 5.97 Å². The predicted molar refractivity (Wildman–Crippen MR) is 106 cm³/mol. The topological polar surface area (TPSA) is 61.8 Å². The lowest BCUT2D eigenvalue weighted by Gasteiger charge is -2.12. The monoisotopic (exact) mass is 376 g/mol. The molecule has 0 bridgehead atoms. The number of carbonyl (C=O) groups is 2. The van der Waals surface area contributed by atoms with Crippen molar-refractivity contribution in [2.75, 3.05) is 20.3 Å². The van der Waals surface area contributed by atoms with E-state index in [-0.39, 0.29) is 19.0 Å². The Labute approximate surface area is 163 Å². The van der Waals surface area contributed by atoms with Crippen LogP contribution in [0.25, 0.3) is 11.1 Å². The Morgan fingerprint density at radius 2 is 1.39 bits per heavy atom. The molecule has 0 fully saturated rings. The van der Waals surface area contributed by atoms with Crippen LogP contribution in [0.1, 0.15) is 10.4 Å². The van der Waals surface area contributed by atoms with E-state index in [0.29, 0.717) is 17.1 Å². The molecule has 0 aliphatic heterocycles. The number of Topliss-reactive ketones (excluding diaryl/α,β-unsaturated/α-hetero) is 1. The molecule has 3 aromatic carbocycles. The van der Waals surface area contributed by atoms with Gasteiger partial charge in [-0.3, -0.25) is 4.79 Å². The minimum atomic E-state index is -0.619. The molecule has 28 heavy (non-hydrogen) atoms. The summed E-state index contributed by atoms with van der Waals surface area (Å²) in [7, 11) is 1.48. The molecule has 0 aromatic heterocycles. The molecule has 0 saturated heterocycles. The molecule has 0 unspecified atom stereocenters. The first-order valence-electron chi connectivity index (χ1n) is 8.78. The highest BCUT2D eigenvalue weighted by Gasteiger charge is 2.15. The number of ether oxygens (including phenoxy) is 3. The molecular weight excluding hydrogens is 356 g/mol. The molecule has 5 heteroatoms. The van der Waals surface area contributed by atoms with Crippen molar-refractivity contribution in [1.29, 1.82) is 0 Å². The first-order chi connectivity index (χ1) is 13.7. The number of para-hydroxylation sites is 2. The van der Waals surface area contributed by atoms with Crippen molar-refractivity contribution in [2.45, 2.75) is 0 Å². The molecule has 0 heterocycles. The molecule has 0 radical (unpaired) electrons. The van der Waals surface area contributed by atoms with Crippen LogP contribution in [-0.4, -0.2) is 32.1 Å². The molecule has 0 aliphatic rings. The molecular formula is C23H20O5. The van der Waals surface area contributed by atoms with Gasteiger partial charge in [-0.05, 0) is 23.8 Å². The van der Waals surface area contributed by atoms with Crippen molar-refractivity contribution in [3.05, 3.63) is 84.4 Å². The number of ketones is 1. The van der Waals surface area contributed by atoms with Crippen molar-refractivity contribution < 1.29 is 23.8 Å². The van der Waals surface area contributed by atoms with E-state index in [2.05, 4.69) is 0 Å². The van der Waals surface area contributed by atoms with Gasteiger partial charge in [-0.2, -0.15) is 0 Å². The zero-order valence-electron chi connectivity index (χ0n) is 15.5. The lowest BCUT2D eigenvalue weighted by molar-refractivity contribution is -0.144. The second-order valence-electron chi connectivity index (χ2n) is 5.94. The van der Waals surface area contributed by atoms with E-state index in [1.165, 1.54) is 7.11 Å². The third-order valence-corrected chi connectivity index (χ3v) is 4.09. The zero-order chi connectivity index (χ0) is 19.8. The van der Waals surface area contributed by atoms with Gasteiger partial charge in [-0.25, -0.2) is 4.79 Å². The van der Waals surface area contributed by atoms with Crippen LogP contribution in [0.4, 0.5) is 0 Å². The SMILES string of the molecule is COc1ccccc1C(=O)COC(=O)COc1ccccc1-c1ccccc1. The molecule has 3 rings (SSSR count). The van der Waals surface area contributed by atoms with Gasteiger partial charge < -0.3 is 14.2 Å². The van der Waals surface area contributed by atoms with Crippen LogP contribution in [0.15, 0.2) is 78.9 Å². The smallest absolute Gasteiger partial charge is 0.344 e. The second-order valence-corrected chi connectivity index (χ2v) is 5.94. The quantitative estimate of drug-likeness (QED) is 0.436. The molecule has 0 spiro atoms. The number of hydrogen-bond donors (Lipinski definition) is 0. The Morgan fingerprint density at radius 3 is 2.14 bits per heavy atom. The summed E-state index contributed by atoms with van der Waals surface area (Å²) in [5.74, 6) is 0.0555. The van der Waals surface area contributed by atoms with E-state index in [9.17, 15) is 9.59 Å². The van der Waals surface area contributed by atoms with Gasteiger partial charge in [-0.15, -0.1) is 0 Å². The van der Waals surface area contributed by atoms with E-state index >= 15 is 0 Å². The number of methoxy groups -OCH3 is 1. The first kappa shape index (κ1) is 19.2. The molecule has 0 amide bonds. The molecule has 5 nitrogen and oxygen atoms in total. The van der Waals surface area contributed by atoms with Gasteiger partial charge in [0.15, 0.2) is 13.2 Å². The van der Waals surface area contributed by atoms with Crippen molar-refractivity contribution in [1.82, 2.24) is 0 Å². The molecule has 0 N–H and O–H groups in total. The summed E-state index contributed by atoms with van der Waals surface area (Å²) in [5.41, 5.74) is 2.23. The Hall–Kier alpha value is -3.60. The van der Waals surface area contributed by atoms with Crippen molar-refractivity contribution in [2.24, 2.45) is 0 Å². The Balaban J connectivity index is 1.58. The highest BCUT2D eigenvalue weighted by Crippen LogP contribution is 2.29. The lowest BCUT2D eigenvalue weighted by Crippen LogP contribution is -2.20. The van der Waals surface area contributed by atoms with E-state index < -0.39 is 5.97 Å². The van der Waals surface area contributed by atoms with E-state index in [4.69, 9.17) is 14.2 Å². The Morgan fingerprint density at radius 1 is 0.750 bits per heavy atom. The zero-order valence-corrected chi connectivity index (χ0v) is 15.5. The van der Waals surface area contributed by atoms with Gasteiger partial charge in [0.25, 0.3) is 0 Å². The predicted octanol–water partition coefficient (Wildman–Crippen LogP) is 4.17. The van der Waals surface area contributed by atoms with Gasteiger partial charge in [0.2, 0.25) is 5.78 Å². The van der Waals surface area contributed by atoms with Crippen LogP contribution >= 0.6 is 0 Å². The fraction of sp³-hybridized carbons (Fsp3) is 0.130. The summed E-state index contributed by atoms with van der Waals surface area (Å²) in [6.45, 7) is -0.661. The molecule has 0 atom stereocenters. The minimum absolute atomic E-state index is 0.289. The maximum Gasteiger partial charge on any atom is 0.344 e. The molecule has 142 valence electrons. The third-order valence-electron chi connectivity index (χ3n) is 4.09. The van der Waals surface area contributed by atoms with Crippen LogP contribution < -0.4 is 9.47 Å². The summed E-state index contributed by atoms with van der Waals surface area (Å²) in [5, 5.41) is 0. The highest BCUT2D eigenvalue weighted by atomic mass is 16.6. The number of carbonyl (C=O) groups excluding carboxylic acids is 2. The average molecular weight is 376 g/mol. The maximum absolute atomic E-state index is 12.2. The standard InChI is InChI=1S/C23H20O5/c1-26-21-13-7-6-12-19(21)20(24)15-28-23(25)16-27-22-14-8-5-11-18(22)17-9-3-2-4-10-17/h2-14H,15-16H2,1H3. The van der Waals surface area contributed by atoms with Crippen molar-refractivity contribution in [3.8, 4) is 22.6 Å². The number of esters is 1. The van der Waals surface area contributed by atoms with Crippen LogP contribution in [0.2, 0.25) is 0 Å².